The number of hydrogen-bond acceptors (Lipinski definition) is 7. The number of para-hydroxylation sites is 1. The zero-order valence-corrected chi connectivity index (χ0v) is 18.9. The third-order valence-corrected chi connectivity index (χ3v) is 7.70. The molecule has 1 aliphatic heterocycles. The molecule has 4 aromatic rings. The average molecular weight is 462 g/mol. The van der Waals surface area contributed by atoms with Gasteiger partial charge in [-0.15, -0.1) is 0 Å². The van der Waals surface area contributed by atoms with Crippen molar-refractivity contribution < 1.29 is 13.5 Å². The fourth-order valence-corrected chi connectivity index (χ4v) is 5.62. The van der Waals surface area contributed by atoms with Gasteiger partial charge in [0.15, 0.2) is 5.82 Å². The second-order valence-electron chi connectivity index (χ2n) is 7.99. The lowest BCUT2D eigenvalue weighted by Gasteiger charge is -2.35. The maximum atomic E-state index is 13.2. The number of pyridine rings is 1. The molecule has 0 unspecified atom stereocenters. The fraction of sp³-hybridized carbons (Fsp3) is 0.208. The molecule has 8 nitrogen and oxygen atoms in total. The highest BCUT2D eigenvalue weighted by atomic mass is 32.2. The van der Waals surface area contributed by atoms with Gasteiger partial charge >= 0.3 is 0 Å². The summed E-state index contributed by atoms with van der Waals surface area (Å²) in [5, 5.41) is 11.1. The number of sulfonamides is 1. The van der Waals surface area contributed by atoms with Crippen LogP contribution in [0.1, 0.15) is 5.56 Å². The predicted octanol–water partition coefficient (Wildman–Crippen LogP) is 3.22. The molecule has 1 N–H and O–H groups in total. The number of nitrogens with zero attached hydrogens (tertiary/aromatic N) is 5. The van der Waals surface area contributed by atoms with E-state index in [2.05, 4.69) is 9.88 Å². The number of aryl methyl sites for hydroxylation is 1. The lowest BCUT2D eigenvalue weighted by atomic mass is 10.2. The summed E-state index contributed by atoms with van der Waals surface area (Å²) in [6, 6.07) is 16.2. The molecule has 9 heteroatoms. The first-order valence-corrected chi connectivity index (χ1v) is 12.1. The lowest BCUT2D eigenvalue weighted by Crippen LogP contribution is -2.49. The Hall–Kier alpha value is -3.56. The molecule has 3 heterocycles. The van der Waals surface area contributed by atoms with Crippen LogP contribution in [0.5, 0.6) is 5.75 Å². The summed E-state index contributed by atoms with van der Waals surface area (Å²) in [6.07, 6.45) is 3.43. The van der Waals surface area contributed by atoms with Gasteiger partial charge in [0.1, 0.15) is 16.5 Å². The monoisotopic (exact) mass is 461 g/mol. The number of anilines is 1. The first-order chi connectivity index (χ1) is 15.9. The second-order valence-corrected chi connectivity index (χ2v) is 9.90. The van der Waals surface area contributed by atoms with E-state index in [1.54, 1.807) is 25.4 Å². The smallest absolute Gasteiger partial charge is 0.246 e. The van der Waals surface area contributed by atoms with Gasteiger partial charge in [-0.1, -0.05) is 18.2 Å². The first kappa shape index (κ1) is 21.3. The van der Waals surface area contributed by atoms with Crippen molar-refractivity contribution in [2.75, 3.05) is 31.1 Å². The molecule has 0 amide bonds. The fourth-order valence-electron chi connectivity index (χ4n) is 4.03. The van der Waals surface area contributed by atoms with Crippen LogP contribution in [0, 0.1) is 6.92 Å². The molecule has 0 aliphatic carbocycles. The van der Waals surface area contributed by atoms with Gasteiger partial charge in [0.25, 0.3) is 0 Å². The molecule has 33 heavy (non-hydrogen) atoms. The lowest BCUT2D eigenvalue weighted by molar-refractivity contribution is 0.380. The largest absolute Gasteiger partial charge is 0.507 e. The van der Waals surface area contributed by atoms with Gasteiger partial charge in [0.05, 0.1) is 5.52 Å². The van der Waals surface area contributed by atoms with Crippen molar-refractivity contribution in [3.05, 3.63) is 72.6 Å². The molecule has 0 bridgehead atoms. The topological polar surface area (TPSA) is 99.5 Å². The molecule has 0 atom stereocenters. The molecule has 0 saturated carbocycles. The molecule has 1 saturated heterocycles. The molecule has 0 spiro atoms. The van der Waals surface area contributed by atoms with Crippen molar-refractivity contribution in [3.8, 4) is 17.1 Å². The van der Waals surface area contributed by atoms with Gasteiger partial charge in [-0.2, -0.15) is 4.31 Å². The van der Waals surface area contributed by atoms with Crippen molar-refractivity contribution in [3.63, 3.8) is 0 Å². The van der Waals surface area contributed by atoms with E-state index in [9.17, 15) is 13.5 Å². The number of hydrogen-bond donors (Lipinski definition) is 1. The summed E-state index contributed by atoms with van der Waals surface area (Å²) < 4.78 is 27.8. The molecule has 2 aromatic heterocycles. The number of aromatic hydroxyl groups is 1. The van der Waals surface area contributed by atoms with E-state index in [1.165, 1.54) is 16.4 Å². The summed E-state index contributed by atoms with van der Waals surface area (Å²) in [5.41, 5.74) is 2.42. The highest BCUT2D eigenvalue weighted by Crippen LogP contribution is 2.31. The predicted molar refractivity (Wildman–Crippen MR) is 127 cm³/mol. The van der Waals surface area contributed by atoms with Crippen LogP contribution in [0.2, 0.25) is 0 Å². The zero-order chi connectivity index (χ0) is 23.0. The normalized spacial score (nSPS) is 15.1. The number of aromatic nitrogens is 3. The van der Waals surface area contributed by atoms with Crippen molar-refractivity contribution >= 4 is 26.7 Å². The summed E-state index contributed by atoms with van der Waals surface area (Å²) in [6.45, 7) is 3.32. The molecular formula is C24H23N5O3S. The van der Waals surface area contributed by atoms with Crippen LogP contribution in [0.25, 0.3) is 22.3 Å². The van der Waals surface area contributed by atoms with Gasteiger partial charge in [-0.3, -0.25) is 4.98 Å². The molecule has 168 valence electrons. The van der Waals surface area contributed by atoms with Crippen LogP contribution in [-0.4, -0.2) is 59.0 Å². The van der Waals surface area contributed by atoms with Gasteiger partial charge in [-0.05, 0) is 48.9 Å². The number of fused-ring (bicyclic) bond motifs is 1. The van der Waals surface area contributed by atoms with Crippen LogP contribution in [0.3, 0.4) is 0 Å². The Labute approximate surface area is 192 Å². The van der Waals surface area contributed by atoms with E-state index in [-0.39, 0.29) is 23.7 Å². The first-order valence-electron chi connectivity index (χ1n) is 10.7. The Morgan fingerprint density at radius 1 is 0.939 bits per heavy atom. The Morgan fingerprint density at radius 2 is 1.73 bits per heavy atom. The van der Waals surface area contributed by atoms with E-state index in [1.807, 2.05) is 36.4 Å². The maximum Gasteiger partial charge on any atom is 0.246 e. The second kappa shape index (κ2) is 8.42. The van der Waals surface area contributed by atoms with Crippen LogP contribution in [-0.2, 0) is 10.0 Å². The molecule has 5 rings (SSSR count). The van der Waals surface area contributed by atoms with Crippen LogP contribution < -0.4 is 4.90 Å². The minimum atomic E-state index is -3.80. The SMILES string of the molecule is Cc1ccc(O)c(S(=O)(=O)N2CCN(c3nc(-c4cccnc4)nc4ccccc34)CC2)c1. The summed E-state index contributed by atoms with van der Waals surface area (Å²) in [7, 11) is -3.80. The van der Waals surface area contributed by atoms with Crippen molar-refractivity contribution in [2.45, 2.75) is 11.8 Å². The van der Waals surface area contributed by atoms with Gasteiger partial charge in [0.2, 0.25) is 10.0 Å². The minimum Gasteiger partial charge on any atom is -0.507 e. The van der Waals surface area contributed by atoms with E-state index >= 15 is 0 Å². The van der Waals surface area contributed by atoms with Gasteiger partial charge in [-0.25, -0.2) is 18.4 Å². The zero-order valence-electron chi connectivity index (χ0n) is 18.1. The minimum absolute atomic E-state index is 0.0534. The maximum absolute atomic E-state index is 13.2. The Kier molecular flexibility index (Phi) is 5.43. The molecule has 2 aromatic carbocycles. The average Bonchev–Trinajstić information content (AvgIpc) is 2.85. The van der Waals surface area contributed by atoms with Crippen molar-refractivity contribution in [2.24, 2.45) is 0 Å². The van der Waals surface area contributed by atoms with Crippen molar-refractivity contribution in [1.82, 2.24) is 19.3 Å². The van der Waals surface area contributed by atoms with Crippen LogP contribution in [0.4, 0.5) is 5.82 Å². The van der Waals surface area contributed by atoms with E-state index < -0.39 is 10.0 Å². The Bertz CT molecular complexity index is 1420. The molecule has 0 radical (unpaired) electrons. The van der Waals surface area contributed by atoms with Crippen LogP contribution >= 0.6 is 0 Å². The summed E-state index contributed by atoms with van der Waals surface area (Å²) in [5.74, 6) is 1.12. The highest BCUT2D eigenvalue weighted by molar-refractivity contribution is 7.89. The third kappa shape index (κ3) is 4.01. The Morgan fingerprint density at radius 3 is 2.48 bits per heavy atom. The number of benzene rings is 2. The molecule has 1 fully saturated rings. The van der Waals surface area contributed by atoms with Gasteiger partial charge in [0, 0.05) is 49.5 Å². The number of rotatable bonds is 4. The van der Waals surface area contributed by atoms with E-state index in [4.69, 9.17) is 9.97 Å². The summed E-state index contributed by atoms with van der Waals surface area (Å²) in [4.78, 5) is 15.7. The van der Waals surface area contributed by atoms with Gasteiger partial charge < -0.3 is 10.0 Å². The molecular weight excluding hydrogens is 438 g/mol. The molecule has 1 aliphatic rings. The number of phenols is 1. The number of phenolic OH excluding ortho intramolecular Hbond substituents is 1. The van der Waals surface area contributed by atoms with E-state index in [0.29, 0.717) is 18.9 Å². The number of piperazine rings is 1. The standard InChI is InChI=1S/C24H23N5O3S/c1-17-8-9-21(30)22(15-17)33(31,32)29-13-11-28(12-14-29)24-19-6-2-3-7-20(19)26-23(27-24)18-5-4-10-25-16-18/h2-10,15-16,30H,11-14H2,1H3. The van der Waals surface area contributed by atoms with Crippen LogP contribution in [0.15, 0.2) is 71.9 Å². The van der Waals surface area contributed by atoms with E-state index in [0.717, 1.165) is 27.8 Å². The Balaban J connectivity index is 1.46. The summed E-state index contributed by atoms with van der Waals surface area (Å²) >= 11 is 0. The highest BCUT2D eigenvalue weighted by Gasteiger charge is 2.31. The third-order valence-electron chi connectivity index (χ3n) is 5.77. The quantitative estimate of drug-likeness (QED) is 0.498. The van der Waals surface area contributed by atoms with Crippen molar-refractivity contribution in [1.29, 1.82) is 0 Å².